The van der Waals surface area contributed by atoms with Crippen LogP contribution < -0.4 is 15.4 Å². The van der Waals surface area contributed by atoms with Crippen molar-refractivity contribution >= 4 is 27.9 Å². The molecule has 0 bridgehead atoms. The van der Waals surface area contributed by atoms with Crippen LogP contribution in [-0.4, -0.2) is 65.8 Å². The van der Waals surface area contributed by atoms with E-state index in [-0.39, 0.29) is 19.1 Å². The van der Waals surface area contributed by atoms with Crippen molar-refractivity contribution in [3.05, 3.63) is 34.3 Å². The molecule has 1 aromatic rings. The van der Waals surface area contributed by atoms with Crippen molar-refractivity contribution in [1.82, 2.24) is 10.6 Å². The van der Waals surface area contributed by atoms with E-state index < -0.39 is 24.3 Å². The Bertz CT molecular complexity index is 610. The predicted molar refractivity (Wildman–Crippen MR) is 92.5 cm³/mol. The van der Waals surface area contributed by atoms with Crippen molar-refractivity contribution in [3.8, 4) is 5.75 Å². The fourth-order valence-corrected chi connectivity index (χ4v) is 2.94. The number of methoxy groups -OCH3 is 1. The van der Waals surface area contributed by atoms with Gasteiger partial charge in [-0.25, -0.2) is 0 Å². The quantitative estimate of drug-likeness (QED) is 0.417. The minimum absolute atomic E-state index is 0.132. The molecule has 132 valence electrons. The zero-order chi connectivity index (χ0) is 17.7. The Hall–Kier alpha value is -1.45. The summed E-state index contributed by atoms with van der Waals surface area (Å²) in [5, 5.41) is 34.2. The van der Waals surface area contributed by atoms with Crippen LogP contribution in [0.15, 0.2) is 28.7 Å². The van der Waals surface area contributed by atoms with Gasteiger partial charge in [0.1, 0.15) is 5.75 Å². The molecule has 0 radical (unpaired) electrons. The van der Waals surface area contributed by atoms with Crippen molar-refractivity contribution in [1.29, 1.82) is 0 Å². The lowest BCUT2D eigenvalue weighted by Crippen LogP contribution is -2.43. The summed E-state index contributed by atoms with van der Waals surface area (Å²) in [6, 6.07) is 4.34. The van der Waals surface area contributed by atoms with Gasteiger partial charge in [-0.1, -0.05) is 15.9 Å². The second-order valence-electron chi connectivity index (χ2n) is 5.51. The fourth-order valence-electron chi connectivity index (χ4n) is 2.56. The maximum Gasteiger partial charge on any atom is 0.244 e. The molecule has 1 fully saturated rings. The second-order valence-corrected chi connectivity index (χ2v) is 6.42. The summed E-state index contributed by atoms with van der Waals surface area (Å²) in [6.45, 7) is -0.154. The molecule has 0 unspecified atom stereocenters. The fraction of sp³-hybridized carbons (Fsp3) is 0.438. The predicted octanol–water partition coefficient (Wildman–Crippen LogP) is -0.358. The number of benzene rings is 1. The van der Waals surface area contributed by atoms with E-state index in [0.29, 0.717) is 5.75 Å². The SMILES string of the molecule is COc1ccc(Br)cc1/C=C/C(=O)NC[C@@H]1N[C@H](CO)[C@H](O)[C@@H]1O. The number of amides is 1. The molecule has 1 aromatic carbocycles. The smallest absolute Gasteiger partial charge is 0.244 e. The first-order chi connectivity index (χ1) is 11.5. The van der Waals surface area contributed by atoms with E-state index in [2.05, 4.69) is 26.6 Å². The first kappa shape index (κ1) is 18.9. The molecular weight excluding hydrogens is 380 g/mol. The molecule has 2 rings (SSSR count). The minimum Gasteiger partial charge on any atom is -0.496 e. The van der Waals surface area contributed by atoms with Crippen molar-refractivity contribution < 1.29 is 24.9 Å². The second kappa shape index (κ2) is 8.59. The van der Waals surface area contributed by atoms with E-state index in [1.54, 1.807) is 19.3 Å². The van der Waals surface area contributed by atoms with Gasteiger partial charge in [0.2, 0.25) is 5.91 Å². The monoisotopic (exact) mass is 400 g/mol. The van der Waals surface area contributed by atoms with Gasteiger partial charge in [-0.15, -0.1) is 0 Å². The molecule has 1 aliphatic heterocycles. The van der Waals surface area contributed by atoms with Crippen LogP contribution in [-0.2, 0) is 4.79 Å². The summed E-state index contributed by atoms with van der Waals surface area (Å²) in [5.74, 6) is 0.303. The molecular formula is C16H21BrN2O5. The van der Waals surface area contributed by atoms with Crippen LogP contribution >= 0.6 is 15.9 Å². The van der Waals surface area contributed by atoms with Crippen molar-refractivity contribution in [3.63, 3.8) is 0 Å². The van der Waals surface area contributed by atoms with E-state index in [4.69, 9.17) is 9.84 Å². The average Bonchev–Trinajstić information content (AvgIpc) is 2.85. The number of aliphatic hydroxyl groups excluding tert-OH is 3. The van der Waals surface area contributed by atoms with E-state index >= 15 is 0 Å². The number of nitrogens with one attached hydrogen (secondary N) is 2. The molecule has 1 saturated heterocycles. The third kappa shape index (κ3) is 4.55. The Morgan fingerprint density at radius 3 is 2.71 bits per heavy atom. The summed E-state index contributed by atoms with van der Waals surface area (Å²) in [5.41, 5.74) is 0.747. The van der Waals surface area contributed by atoms with Gasteiger partial charge in [0.05, 0.1) is 38.0 Å². The molecule has 1 aliphatic rings. The van der Waals surface area contributed by atoms with E-state index in [9.17, 15) is 15.0 Å². The lowest BCUT2D eigenvalue weighted by Gasteiger charge is -2.15. The van der Waals surface area contributed by atoms with Crippen LogP contribution in [0.1, 0.15) is 5.56 Å². The third-order valence-corrected chi connectivity index (χ3v) is 4.39. The maximum absolute atomic E-state index is 11.9. The van der Waals surface area contributed by atoms with Crippen molar-refractivity contribution in [2.45, 2.75) is 24.3 Å². The van der Waals surface area contributed by atoms with Crippen LogP contribution in [0.25, 0.3) is 6.08 Å². The molecule has 1 heterocycles. The Balaban J connectivity index is 1.91. The highest BCUT2D eigenvalue weighted by Crippen LogP contribution is 2.24. The number of hydrogen-bond donors (Lipinski definition) is 5. The molecule has 8 heteroatoms. The Morgan fingerprint density at radius 1 is 1.38 bits per heavy atom. The highest BCUT2D eigenvalue weighted by Gasteiger charge is 2.40. The molecule has 0 aliphatic carbocycles. The van der Waals surface area contributed by atoms with Gasteiger partial charge in [-0.3, -0.25) is 4.79 Å². The first-order valence-corrected chi connectivity index (χ1v) is 8.28. The topological polar surface area (TPSA) is 111 Å². The highest BCUT2D eigenvalue weighted by atomic mass is 79.9. The van der Waals surface area contributed by atoms with Crippen LogP contribution in [0.5, 0.6) is 5.75 Å². The van der Waals surface area contributed by atoms with Gasteiger partial charge in [-0.05, 0) is 24.3 Å². The summed E-state index contributed by atoms with van der Waals surface area (Å²) in [4.78, 5) is 11.9. The number of halogens is 1. The summed E-state index contributed by atoms with van der Waals surface area (Å²) < 4.78 is 6.09. The van der Waals surface area contributed by atoms with Crippen LogP contribution in [0, 0.1) is 0 Å². The van der Waals surface area contributed by atoms with Gasteiger partial charge in [0.15, 0.2) is 0 Å². The van der Waals surface area contributed by atoms with Gasteiger partial charge in [-0.2, -0.15) is 0 Å². The Morgan fingerprint density at radius 2 is 2.08 bits per heavy atom. The zero-order valence-electron chi connectivity index (χ0n) is 13.1. The number of carbonyl (C=O) groups is 1. The number of carbonyl (C=O) groups excluding carboxylic acids is 1. The first-order valence-electron chi connectivity index (χ1n) is 7.48. The molecule has 0 saturated carbocycles. The minimum atomic E-state index is -1.06. The number of rotatable bonds is 6. The lowest BCUT2D eigenvalue weighted by molar-refractivity contribution is -0.116. The Kier molecular flexibility index (Phi) is 6.76. The number of hydrogen-bond acceptors (Lipinski definition) is 6. The maximum atomic E-state index is 11.9. The zero-order valence-corrected chi connectivity index (χ0v) is 14.7. The lowest BCUT2D eigenvalue weighted by atomic mass is 10.1. The molecule has 4 atom stereocenters. The normalized spacial score (nSPS) is 26.7. The van der Waals surface area contributed by atoms with E-state index in [1.165, 1.54) is 6.08 Å². The number of ether oxygens (including phenoxy) is 1. The molecule has 24 heavy (non-hydrogen) atoms. The third-order valence-electron chi connectivity index (χ3n) is 3.90. The number of aliphatic hydroxyl groups is 3. The largest absolute Gasteiger partial charge is 0.496 e. The molecule has 7 nitrogen and oxygen atoms in total. The highest BCUT2D eigenvalue weighted by molar-refractivity contribution is 9.10. The van der Waals surface area contributed by atoms with Crippen LogP contribution in [0.3, 0.4) is 0 Å². The summed E-state index contributed by atoms with van der Waals surface area (Å²) in [7, 11) is 1.55. The van der Waals surface area contributed by atoms with Crippen molar-refractivity contribution in [2.24, 2.45) is 0 Å². The van der Waals surface area contributed by atoms with Gasteiger partial charge in [0, 0.05) is 22.7 Å². The van der Waals surface area contributed by atoms with Gasteiger partial charge < -0.3 is 30.7 Å². The van der Waals surface area contributed by atoms with Crippen LogP contribution in [0.4, 0.5) is 0 Å². The summed E-state index contributed by atoms with van der Waals surface area (Å²) in [6.07, 6.45) is 0.893. The molecule has 0 spiro atoms. The van der Waals surface area contributed by atoms with Gasteiger partial charge >= 0.3 is 0 Å². The molecule has 1 amide bonds. The van der Waals surface area contributed by atoms with E-state index in [0.717, 1.165) is 10.0 Å². The van der Waals surface area contributed by atoms with Crippen molar-refractivity contribution in [2.75, 3.05) is 20.3 Å². The standard InChI is InChI=1S/C16H21BrN2O5/c1-24-13-4-3-10(17)6-9(13)2-5-14(21)18-7-11-15(22)16(23)12(8-20)19-11/h2-6,11-12,15-16,19-20,22-23H,7-8H2,1H3,(H,18,21)/b5-2+/t11-,12+,15+,16-/m0/s1. The molecule has 0 aromatic heterocycles. The van der Waals surface area contributed by atoms with Gasteiger partial charge in [0.25, 0.3) is 0 Å². The molecule has 5 N–H and O–H groups in total. The van der Waals surface area contributed by atoms with E-state index in [1.807, 2.05) is 12.1 Å². The Labute approximate surface area is 148 Å². The van der Waals surface area contributed by atoms with Crippen LogP contribution in [0.2, 0.25) is 0 Å². The summed E-state index contributed by atoms with van der Waals surface area (Å²) >= 11 is 3.36. The average molecular weight is 401 g/mol.